The van der Waals surface area contributed by atoms with E-state index in [1.165, 1.54) is 109 Å². The van der Waals surface area contributed by atoms with Crippen LogP contribution in [-0.2, 0) is 28.6 Å². The molecule has 1 atom stereocenters. The summed E-state index contributed by atoms with van der Waals surface area (Å²) in [5.74, 6) is -0.929. The quantitative estimate of drug-likeness (QED) is 0.0262. The number of hydrogen-bond donors (Lipinski definition) is 0. The van der Waals surface area contributed by atoms with Crippen molar-refractivity contribution >= 4 is 17.9 Å². The summed E-state index contributed by atoms with van der Waals surface area (Å²) in [5, 5.41) is 0. The van der Waals surface area contributed by atoms with E-state index in [1.54, 1.807) is 0 Å². The van der Waals surface area contributed by atoms with Crippen LogP contribution >= 0.6 is 0 Å². The van der Waals surface area contributed by atoms with Gasteiger partial charge in [0, 0.05) is 19.3 Å². The number of unbranched alkanes of at least 4 members (excludes halogenated alkanes) is 29. The lowest BCUT2D eigenvalue weighted by molar-refractivity contribution is -0.167. The van der Waals surface area contributed by atoms with Gasteiger partial charge in [-0.05, 0) is 64.2 Å². The molecule has 0 aromatic heterocycles. The summed E-state index contributed by atoms with van der Waals surface area (Å²) in [5.41, 5.74) is 0. The Morgan fingerprint density at radius 2 is 0.591 bits per heavy atom. The Kier molecular flexibility index (Phi) is 51.4. The third-order valence-electron chi connectivity index (χ3n) is 11.8. The van der Waals surface area contributed by atoms with Crippen LogP contribution < -0.4 is 0 Å². The molecular formula is C60H102O6. The first-order chi connectivity index (χ1) is 32.5. The van der Waals surface area contributed by atoms with E-state index in [-0.39, 0.29) is 31.1 Å². The molecule has 0 saturated carbocycles. The van der Waals surface area contributed by atoms with Gasteiger partial charge in [0.05, 0.1) is 0 Å². The molecule has 0 radical (unpaired) electrons. The number of carbonyl (C=O) groups excluding carboxylic acids is 3. The molecule has 0 heterocycles. The maximum Gasteiger partial charge on any atom is 0.306 e. The topological polar surface area (TPSA) is 78.9 Å². The predicted octanol–water partition coefficient (Wildman–Crippen LogP) is 18.4. The van der Waals surface area contributed by atoms with Crippen molar-refractivity contribution in [2.24, 2.45) is 0 Å². The van der Waals surface area contributed by atoms with Crippen molar-refractivity contribution in [3.63, 3.8) is 0 Å². The van der Waals surface area contributed by atoms with Crippen LogP contribution in [-0.4, -0.2) is 37.2 Å². The van der Waals surface area contributed by atoms with Gasteiger partial charge < -0.3 is 14.2 Å². The van der Waals surface area contributed by atoms with Crippen LogP contribution in [0, 0.1) is 0 Å². The highest BCUT2D eigenvalue weighted by molar-refractivity contribution is 5.71. The second-order valence-electron chi connectivity index (χ2n) is 18.3. The Balaban J connectivity index is 4.43. The van der Waals surface area contributed by atoms with Gasteiger partial charge in [-0.15, -0.1) is 0 Å². The molecule has 0 N–H and O–H groups in total. The van der Waals surface area contributed by atoms with Crippen LogP contribution in [0.25, 0.3) is 0 Å². The number of carbonyl (C=O) groups is 3. The normalized spacial score (nSPS) is 12.7. The average molecular weight is 919 g/mol. The van der Waals surface area contributed by atoms with Crippen molar-refractivity contribution in [1.29, 1.82) is 0 Å². The van der Waals surface area contributed by atoms with Crippen molar-refractivity contribution in [1.82, 2.24) is 0 Å². The van der Waals surface area contributed by atoms with Crippen molar-refractivity contribution in [3.8, 4) is 0 Å². The molecule has 0 aliphatic rings. The van der Waals surface area contributed by atoms with Crippen LogP contribution in [0.1, 0.15) is 258 Å². The van der Waals surface area contributed by atoms with Gasteiger partial charge in [-0.3, -0.25) is 14.4 Å². The summed E-state index contributed by atoms with van der Waals surface area (Å²) in [6, 6.07) is 0. The first kappa shape index (κ1) is 62.6. The van der Waals surface area contributed by atoms with Gasteiger partial charge in [-0.1, -0.05) is 260 Å². The van der Waals surface area contributed by atoms with Gasteiger partial charge in [0.2, 0.25) is 0 Å². The lowest BCUT2D eigenvalue weighted by Gasteiger charge is -2.18. The molecule has 0 aromatic rings. The third-order valence-corrected chi connectivity index (χ3v) is 11.8. The van der Waals surface area contributed by atoms with Crippen molar-refractivity contribution in [2.45, 2.75) is 264 Å². The first-order valence-electron chi connectivity index (χ1n) is 27.7. The molecule has 6 heteroatoms. The van der Waals surface area contributed by atoms with Crippen molar-refractivity contribution in [2.75, 3.05) is 13.2 Å². The summed E-state index contributed by atoms with van der Waals surface area (Å²) in [4.78, 5) is 38.1. The Bertz CT molecular complexity index is 1290. The van der Waals surface area contributed by atoms with Gasteiger partial charge >= 0.3 is 17.9 Å². The highest BCUT2D eigenvalue weighted by atomic mass is 16.6. The highest BCUT2D eigenvalue weighted by Crippen LogP contribution is 2.16. The molecule has 0 aliphatic heterocycles. The van der Waals surface area contributed by atoms with E-state index >= 15 is 0 Å². The number of rotatable bonds is 49. The molecule has 0 aromatic carbocycles. The highest BCUT2D eigenvalue weighted by Gasteiger charge is 2.19. The lowest BCUT2D eigenvalue weighted by Crippen LogP contribution is -2.30. The maximum atomic E-state index is 12.8. The molecular weight excluding hydrogens is 817 g/mol. The van der Waals surface area contributed by atoms with Gasteiger partial charge in [-0.25, -0.2) is 0 Å². The summed E-state index contributed by atoms with van der Waals surface area (Å²) in [6.07, 6.45) is 69.9. The predicted molar refractivity (Wildman–Crippen MR) is 284 cm³/mol. The van der Waals surface area contributed by atoms with E-state index in [4.69, 9.17) is 14.2 Å². The molecule has 0 rings (SSSR count). The summed E-state index contributed by atoms with van der Waals surface area (Å²) in [6.45, 7) is 6.44. The second kappa shape index (κ2) is 54.2. The van der Waals surface area contributed by atoms with Gasteiger partial charge in [-0.2, -0.15) is 0 Å². The number of allylic oxidation sites excluding steroid dienone is 14. The Hall–Kier alpha value is -3.41. The minimum Gasteiger partial charge on any atom is -0.462 e. The van der Waals surface area contributed by atoms with E-state index < -0.39 is 6.10 Å². The molecule has 0 amide bonds. The third kappa shape index (κ3) is 51.6. The van der Waals surface area contributed by atoms with Crippen molar-refractivity contribution < 1.29 is 28.6 Å². The Labute approximate surface area is 407 Å². The average Bonchev–Trinajstić information content (AvgIpc) is 3.31. The zero-order valence-electron chi connectivity index (χ0n) is 43.2. The molecule has 6 nitrogen and oxygen atoms in total. The second-order valence-corrected chi connectivity index (χ2v) is 18.3. The molecule has 0 saturated heterocycles. The van der Waals surface area contributed by atoms with Crippen LogP contribution in [0.15, 0.2) is 85.1 Å². The largest absolute Gasteiger partial charge is 0.462 e. The van der Waals surface area contributed by atoms with Gasteiger partial charge in [0.15, 0.2) is 6.10 Å². The molecule has 0 fully saturated rings. The summed E-state index contributed by atoms with van der Waals surface area (Å²) < 4.78 is 16.8. The molecule has 0 spiro atoms. The molecule has 378 valence electrons. The van der Waals surface area contributed by atoms with E-state index in [0.717, 1.165) is 109 Å². The fraction of sp³-hybridized carbons (Fsp3) is 0.717. The van der Waals surface area contributed by atoms with Crippen molar-refractivity contribution in [3.05, 3.63) is 85.1 Å². The fourth-order valence-electron chi connectivity index (χ4n) is 7.63. The van der Waals surface area contributed by atoms with Crippen LogP contribution in [0.5, 0.6) is 0 Å². The minimum absolute atomic E-state index is 0.0939. The summed E-state index contributed by atoms with van der Waals surface area (Å²) >= 11 is 0. The van der Waals surface area contributed by atoms with Crippen LogP contribution in [0.4, 0.5) is 0 Å². The van der Waals surface area contributed by atoms with E-state index in [0.29, 0.717) is 19.3 Å². The Morgan fingerprint density at radius 3 is 0.955 bits per heavy atom. The number of esters is 3. The standard InChI is InChI=1S/C60H102O6/c1-4-7-10-13-16-19-22-25-27-29-31-32-35-38-41-44-47-50-53-59(62)65-56-57(55-64-58(61)52-49-46-43-40-37-34-24-21-18-15-12-9-6-3)66-60(63)54-51-48-45-42-39-36-33-30-28-26-23-20-17-14-11-8-5-2/h9,12,15-16,18-19,21-22,24-25,27,29,31-32,57H,4-8,10-11,13-14,17,20,23,26,28,30,33-56H2,1-3H3/b12-9-,18-15-,19-16-,24-21-,25-22-,29-27-,32-31-. The van der Waals surface area contributed by atoms with E-state index in [1.807, 2.05) is 0 Å². The first-order valence-corrected chi connectivity index (χ1v) is 27.7. The smallest absolute Gasteiger partial charge is 0.306 e. The monoisotopic (exact) mass is 919 g/mol. The maximum absolute atomic E-state index is 12.8. The Morgan fingerprint density at radius 1 is 0.318 bits per heavy atom. The summed E-state index contributed by atoms with van der Waals surface area (Å²) in [7, 11) is 0. The number of ether oxygens (including phenoxy) is 3. The number of hydrogen-bond acceptors (Lipinski definition) is 6. The zero-order valence-corrected chi connectivity index (χ0v) is 43.2. The van der Waals surface area contributed by atoms with Gasteiger partial charge in [0.1, 0.15) is 13.2 Å². The van der Waals surface area contributed by atoms with Crippen LogP contribution in [0.3, 0.4) is 0 Å². The van der Waals surface area contributed by atoms with Crippen LogP contribution in [0.2, 0.25) is 0 Å². The molecule has 66 heavy (non-hydrogen) atoms. The molecule has 0 aliphatic carbocycles. The minimum atomic E-state index is -0.794. The fourth-order valence-corrected chi connectivity index (χ4v) is 7.63. The van der Waals surface area contributed by atoms with E-state index in [2.05, 4.69) is 106 Å². The lowest BCUT2D eigenvalue weighted by atomic mass is 10.0. The molecule has 1 unspecified atom stereocenters. The zero-order chi connectivity index (χ0) is 47.9. The SMILES string of the molecule is CC\C=C/C=C\C=C/CCCCCCCC(=O)OCC(COC(=O)CCCCCCC\C=C/C=C\C=C/C=C\CCCCC)OC(=O)CCCCCCCCCCCCCCCCCCC. The van der Waals surface area contributed by atoms with Gasteiger partial charge in [0.25, 0.3) is 0 Å². The molecule has 0 bridgehead atoms. The van der Waals surface area contributed by atoms with E-state index in [9.17, 15) is 14.4 Å².